The zero-order valence-electron chi connectivity index (χ0n) is 9.61. The molecule has 1 fully saturated rings. The number of methoxy groups -OCH3 is 1. The molecule has 0 spiro atoms. The van der Waals surface area contributed by atoms with Crippen LogP contribution in [-0.4, -0.2) is 42.4 Å². The molecule has 1 aromatic heterocycles. The van der Waals surface area contributed by atoms with Crippen LogP contribution in [0.1, 0.15) is 12.1 Å². The van der Waals surface area contributed by atoms with Gasteiger partial charge in [-0.15, -0.1) is 0 Å². The molecule has 1 atom stereocenters. The molecule has 0 aromatic carbocycles. The smallest absolute Gasteiger partial charge is 0.225 e. The second-order valence-corrected chi connectivity index (χ2v) is 4.25. The van der Waals surface area contributed by atoms with Crippen molar-refractivity contribution in [2.75, 3.05) is 31.7 Å². The van der Waals surface area contributed by atoms with Crippen LogP contribution in [0.2, 0.25) is 0 Å². The molecule has 4 nitrogen and oxygen atoms in total. The number of hydrogen-bond donors (Lipinski definition) is 0. The van der Waals surface area contributed by atoms with Gasteiger partial charge in [-0.05, 0) is 13.0 Å². The molecule has 1 aliphatic heterocycles. The molecule has 2 rings (SSSR count). The molecule has 16 heavy (non-hydrogen) atoms. The van der Waals surface area contributed by atoms with Gasteiger partial charge in [0.1, 0.15) is 0 Å². The normalized spacial score (nSPS) is 25.1. The van der Waals surface area contributed by atoms with Gasteiger partial charge in [0.25, 0.3) is 0 Å². The fraction of sp³-hybridized carbons (Fsp3) is 0.636. The third-order valence-corrected chi connectivity index (χ3v) is 2.77. The second-order valence-electron chi connectivity index (χ2n) is 4.25. The summed E-state index contributed by atoms with van der Waals surface area (Å²) in [4.78, 5) is 10.3. The molecular formula is C11H16FN3O. The van der Waals surface area contributed by atoms with Gasteiger partial charge in [0.05, 0.1) is 13.2 Å². The van der Waals surface area contributed by atoms with E-state index in [2.05, 4.69) is 9.97 Å². The average molecular weight is 225 g/mol. The van der Waals surface area contributed by atoms with E-state index in [0.29, 0.717) is 25.5 Å². The summed E-state index contributed by atoms with van der Waals surface area (Å²) in [6.07, 6.45) is 2.17. The molecule has 0 amide bonds. The summed E-state index contributed by atoms with van der Waals surface area (Å²) in [5.74, 6) is 0.607. The first-order valence-corrected chi connectivity index (χ1v) is 5.35. The highest BCUT2D eigenvalue weighted by atomic mass is 19.1. The lowest BCUT2D eigenvalue weighted by molar-refractivity contribution is 0.0570. The van der Waals surface area contributed by atoms with Crippen molar-refractivity contribution in [2.45, 2.75) is 19.0 Å². The average Bonchev–Trinajstić information content (AvgIpc) is 2.61. The van der Waals surface area contributed by atoms with Crippen LogP contribution < -0.4 is 4.90 Å². The number of ether oxygens (including phenoxy) is 1. The first kappa shape index (κ1) is 11.3. The fourth-order valence-electron chi connectivity index (χ4n) is 1.97. The Morgan fingerprint density at radius 1 is 1.62 bits per heavy atom. The van der Waals surface area contributed by atoms with Crippen molar-refractivity contribution in [3.05, 3.63) is 18.0 Å². The monoisotopic (exact) mass is 225 g/mol. The van der Waals surface area contributed by atoms with E-state index in [1.54, 1.807) is 6.20 Å². The first-order valence-electron chi connectivity index (χ1n) is 5.35. The molecule has 88 valence electrons. The van der Waals surface area contributed by atoms with E-state index in [4.69, 9.17) is 4.74 Å². The number of rotatable bonds is 3. The number of hydrogen-bond acceptors (Lipinski definition) is 4. The molecule has 0 saturated carbocycles. The molecule has 5 heteroatoms. The van der Waals surface area contributed by atoms with E-state index in [-0.39, 0.29) is 6.61 Å². The van der Waals surface area contributed by atoms with Crippen LogP contribution in [0.25, 0.3) is 0 Å². The van der Waals surface area contributed by atoms with Crippen molar-refractivity contribution in [3.8, 4) is 0 Å². The Balaban J connectivity index is 2.09. The van der Waals surface area contributed by atoms with Gasteiger partial charge in [-0.2, -0.15) is 0 Å². The summed E-state index contributed by atoms with van der Waals surface area (Å²) >= 11 is 0. The SMILES string of the molecule is COCC1(F)CCN(c2nccc(C)n2)C1. The zero-order valence-corrected chi connectivity index (χ0v) is 9.61. The molecule has 0 N–H and O–H groups in total. The summed E-state index contributed by atoms with van der Waals surface area (Å²) in [6, 6.07) is 1.83. The summed E-state index contributed by atoms with van der Waals surface area (Å²) in [6.45, 7) is 2.99. The minimum absolute atomic E-state index is 0.134. The van der Waals surface area contributed by atoms with E-state index in [9.17, 15) is 4.39 Å². The molecule has 2 heterocycles. The summed E-state index contributed by atoms with van der Waals surface area (Å²) in [7, 11) is 1.52. The molecular weight excluding hydrogens is 209 g/mol. The lowest BCUT2D eigenvalue weighted by Gasteiger charge is -2.20. The first-order chi connectivity index (χ1) is 7.63. The predicted octanol–water partition coefficient (Wildman–Crippen LogP) is 1.35. The largest absolute Gasteiger partial charge is 0.381 e. The van der Waals surface area contributed by atoms with Gasteiger partial charge >= 0.3 is 0 Å². The van der Waals surface area contributed by atoms with Crippen molar-refractivity contribution >= 4 is 5.95 Å². The molecule has 0 aliphatic carbocycles. The van der Waals surface area contributed by atoms with Gasteiger partial charge in [0, 0.05) is 32.0 Å². The number of halogens is 1. The minimum atomic E-state index is -1.26. The quantitative estimate of drug-likeness (QED) is 0.778. The maximum Gasteiger partial charge on any atom is 0.225 e. The second kappa shape index (κ2) is 4.33. The maximum absolute atomic E-state index is 14.1. The van der Waals surface area contributed by atoms with E-state index in [1.807, 2.05) is 17.9 Å². The third-order valence-electron chi connectivity index (χ3n) is 2.77. The van der Waals surface area contributed by atoms with Crippen LogP contribution in [-0.2, 0) is 4.74 Å². The highest BCUT2D eigenvalue weighted by molar-refractivity contribution is 5.33. The molecule has 0 bridgehead atoms. The van der Waals surface area contributed by atoms with Crippen molar-refractivity contribution in [2.24, 2.45) is 0 Å². The van der Waals surface area contributed by atoms with Crippen molar-refractivity contribution in [1.82, 2.24) is 9.97 Å². The summed E-state index contributed by atoms with van der Waals surface area (Å²) < 4.78 is 19.0. The number of aryl methyl sites for hydroxylation is 1. The van der Waals surface area contributed by atoms with Crippen LogP contribution in [0.3, 0.4) is 0 Å². The van der Waals surface area contributed by atoms with Crippen LogP contribution in [0, 0.1) is 6.92 Å². The van der Waals surface area contributed by atoms with Gasteiger partial charge in [-0.25, -0.2) is 14.4 Å². The highest BCUT2D eigenvalue weighted by Crippen LogP contribution is 2.28. The Kier molecular flexibility index (Phi) is 3.05. The molecule has 1 saturated heterocycles. The fourth-order valence-corrected chi connectivity index (χ4v) is 1.97. The Morgan fingerprint density at radius 3 is 3.12 bits per heavy atom. The van der Waals surface area contributed by atoms with Crippen LogP contribution >= 0.6 is 0 Å². The highest BCUT2D eigenvalue weighted by Gasteiger charge is 2.39. The Hall–Kier alpha value is -1.23. The molecule has 1 unspecified atom stereocenters. The number of nitrogens with zero attached hydrogens (tertiary/aromatic N) is 3. The third kappa shape index (κ3) is 2.29. The summed E-state index contributed by atoms with van der Waals surface area (Å²) in [5.41, 5.74) is -0.366. The topological polar surface area (TPSA) is 38.2 Å². The van der Waals surface area contributed by atoms with Gasteiger partial charge < -0.3 is 9.64 Å². The van der Waals surface area contributed by atoms with Crippen molar-refractivity contribution in [3.63, 3.8) is 0 Å². The standard InChI is InChI=1S/C11H16FN3O/c1-9-3-5-13-10(14-9)15-6-4-11(12,7-15)8-16-2/h3,5H,4,6-8H2,1-2H3. The van der Waals surface area contributed by atoms with E-state index < -0.39 is 5.67 Å². The number of alkyl halides is 1. The van der Waals surface area contributed by atoms with Gasteiger partial charge in [0.2, 0.25) is 5.95 Å². The number of anilines is 1. The molecule has 1 aromatic rings. The Labute approximate surface area is 94.5 Å². The lowest BCUT2D eigenvalue weighted by Crippen LogP contribution is -2.33. The Bertz CT molecular complexity index is 374. The van der Waals surface area contributed by atoms with Gasteiger partial charge in [0.15, 0.2) is 5.67 Å². The van der Waals surface area contributed by atoms with Crippen molar-refractivity contribution in [1.29, 1.82) is 0 Å². The van der Waals surface area contributed by atoms with Gasteiger partial charge in [-0.1, -0.05) is 0 Å². The maximum atomic E-state index is 14.1. The zero-order chi connectivity index (χ0) is 11.6. The van der Waals surface area contributed by atoms with E-state index in [1.165, 1.54) is 7.11 Å². The van der Waals surface area contributed by atoms with Crippen LogP contribution in [0.15, 0.2) is 12.3 Å². The predicted molar refractivity (Wildman–Crippen MR) is 59.3 cm³/mol. The molecule has 1 aliphatic rings. The molecule has 0 radical (unpaired) electrons. The Morgan fingerprint density at radius 2 is 2.44 bits per heavy atom. The number of aromatic nitrogens is 2. The lowest BCUT2D eigenvalue weighted by atomic mass is 10.1. The minimum Gasteiger partial charge on any atom is -0.381 e. The van der Waals surface area contributed by atoms with Crippen LogP contribution in [0.4, 0.5) is 10.3 Å². The summed E-state index contributed by atoms with van der Waals surface area (Å²) in [5, 5.41) is 0. The van der Waals surface area contributed by atoms with E-state index >= 15 is 0 Å². The van der Waals surface area contributed by atoms with Crippen molar-refractivity contribution < 1.29 is 9.13 Å². The van der Waals surface area contributed by atoms with Crippen LogP contribution in [0.5, 0.6) is 0 Å². The van der Waals surface area contributed by atoms with E-state index in [0.717, 1.165) is 5.69 Å². The van der Waals surface area contributed by atoms with Gasteiger partial charge in [-0.3, -0.25) is 0 Å².